The number of aromatic nitrogens is 3. The molecule has 0 fully saturated rings. The molecule has 5 nitrogen and oxygen atoms in total. The number of rotatable bonds is 4. The van der Waals surface area contributed by atoms with Gasteiger partial charge in [-0.1, -0.05) is 30.3 Å². The Labute approximate surface area is 143 Å². The van der Waals surface area contributed by atoms with Crippen molar-refractivity contribution >= 4 is 22.9 Å². The SMILES string of the molecule is Cc1nn(-c2ccccc2)c(Sc2nc3ccccc3o2)c1CN. The molecule has 24 heavy (non-hydrogen) atoms. The summed E-state index contributed by atoms with van der Waals surface area (Å²) in [7, 11) is 0. The van der Waals surface area contributed by atoms with Crippen LogP contribution >= 0.6 is 11.8 Å². The molecule has 0 aliphatic heterocycles. The lowest BCUT2D eigenvalue weighted by Gasteiger charge is -2.06. The van der Waals surface area contributed by atoms with Crippen LogP contribution in [0.15, 0.2) is 69.3 Å². The normalized spacial score (nSPS) is 11.2. The van der Waals surface area contributed by atoms with Crippen molar-refractivity contribution < 1.29 is 4.42 Å². The number of hydrogen-bond donors (Lipinski definition) is 1. The fourth-order valence-corrected chi connectivity index (χ4v) is 3.63. The molecule has 2 heterocycles. The van der Waals surface area contributed by atoms with Crippen LogP contribution in [-0.2, 0) is 6.54 Å². The topological polar surface area (TPSA) is 69.9 Å². The zero-order chi connectivity index (χ0) is 16.5. The molecular formula is C18H16N4OS. The van der Waals surface area contributed by atoms with E-state index in [4.69, 9.17) is 10.2 Å². The molecule has 4 aromatic rings. The average molecular weight is 336 g/mol. The molecule has 6 heteroatoms. The fourth-order valence-electron chi connectivity index (χ4n) is 2.60. The van der Waals surface area contributed by atoms with E-state index in [9.17, 15) is 0 Å². The first-order valence-electron chi connectivity index (χ1n) is 7.63. The zero-order valence-corrected chi connectivity index (χ0v) is 14.0. The van der Waals surface area contributed by atoms with E-state index in [0.717, 1.165) is 33.1 Å². The van der Waals surface area contributed by atoms with Gasteiger partial charge in [-0.15, -0.1) is 0 Å². The van der Waals surface area contributed by atoms with E-state index in [1.54, 1.807) is 0 Å². The van der Waals surface area contributed by atoms with Gasteiger partial charge >= 0.3 is 0 Å². The van der Waals surface area contributed by atoms with Gasteiger partial charge in [-0.2, -0.15) is 5.10 Å². The smallest absolute Gasteiger partial charge is 0.263 e. The highest BCUT2D eigenvalue weighted by Crippen LogP contribution is 2.34. The van der Waals surface area contributed by atoms with Crippen LogP contribution in [0.4, 0.5) is 0 Å². The quantitative estimate of drug-likeness (QED) is 0.611. The summed E-state index contributed by atoms with van der Waals surface area (Å²) in [4.78, 5) is 4.54. The van der Waals surface area contributed by atoms with E-state index in [-0.39, 0.29) is 0 Å². The Balaban J connectivity index is 1.81. The second kappa shape index (κ2) is 6.14. The minimum absolute atomic E-state index is 0.418. The Morgan fingerprint density at radius 3 is 2.58 bits per heavy atom. The Morgan fingerprint density at radius 2 is 1.83 bits per heavy atom. The summed E-state index contributed by atoms with van der Waals surface area (Å²) in [6, 6.07) is 17.7. The lowest BCUT2D eigenvalue weighted by molar-refractivity contribution is 0.488. The Kier molecular flexibility index (Phi) is 3.84. The monoisotopic (exact) mass is 336 g/mol. The highest BCUT2D eigenvalue weighted by atomic mass is 32.2. The summed E-state index contributed by atoms with van der Waals surface area (Å²) < 4.78 is 7.74. The Bertz CT molecular complexity index is 958. The molecule has 0 atom stereocenters. The lowest BCUT2D eigenvalue weighted by Crippen LogP contribution is -2.01. The third kappa shape index (κ3) is 2.60. The van der Waals surface area contributed by atoms with Crippen molar-refractivity contribution in [2.45, 2.75) is 23.7 Å². The molecule has 0 bridgehead atoms. The molecular weight excluding hydrogens is 320 g/mol. The first-order valence-corrected chi connectivity index (χ1v) is 8.45. The molecule has 0 radical (unpaired) electrons. The van der Waals surface area contributed by atoms with Crippen LogP contribution in [0, 0.1) is 6.92 Å². The third-order valence-electron chi connectivity index (χ3n) is 3.80. The number of oxazole rings is 1. The molecule has 2 aromatic carbocycles. The van der Waals surface area contributed by atoms with Gasteiger partial charge in [0, 0.05) is 12.1 Å². The predicted octanol–water partition coefficient (Wildman–Crippen LogP) is 3.93. The summed E-state index contributed by atoms with van der Waals surface area (Å²) in [6.45, 7) is 2.39. The number of fused-ring (bicyclic) bond motifs is 1. The molecule has 0 spiro atoms. The molecule has 0 aliphatic rings. The molecule has 0 saturated heterocycles. The van der Waals surface area contributed by atoms with Crippen LogP contribution in [0.2, 0.25) is 0 Å². The van der Waals surface area contributed by atoms with Crippen LogP contribution in [0.5, 0.6) is 0 Å². The van der Waals surface area contributed by atoms with E-state index < -0.39 is 0 Å². The molecule has 4 rings (SSSR count). The van der Waals surface area contributed by atoms with Crippen molar-refractivity contribution in [3.63, 3.8) is 0 Å². The number of para-hydroxylation sites is 3. The van der Waals surface area contributed by atoms with Crippen molar-refractivity contribution in [2.24, 2.45) is 5.73 Å². The van der Waals surface area contributed by atoms with E-state index in [0.29, 0.717) is 11.8 Å². The molecule has 0 unspecified atom stereocenters. The number of nitrogens with two attached hydrogens (primary N) is 1. The van der Waals surface area contributed by atoms with Gasteiger partial charge in [0.25, 0.3) is 5.22 Å². The first kappa shape index (κ1) is 15.0. The van der Waals surface area contributed by atoms with Gasteiger partial charge in [0.05, 0.1) is 11.4 Å². The summed E-state index contributed by atoms with van der Waals surface area (Å²) >= 11 is 1.45. The Morgan fingerprint density at radius 1 is 1.08 bits per heavy atom. The van der Waals surface area contributed by atoms with E-state index in [2.05, 4.69) is 10.1 Å². The summed E-state index contributed by atoms with van der Waals surface area (Å²) in [5, 5.41) is 6.17. The second-order valence-corrected chi connectivity index (χ2v) is 6.31. The fraction of sp³-hybridized carbons (Fsp3) is 0.111. The maximum atomic E-state index is 5.95. The van der Waals surface area contributed by atoms with E-state index >= 15 is 0 Å². The van der Waals surface area contributed by atoms with Crippen molar-refractivity contribution in [1.82, 2.24) is 14.8 Å². The van der Waals surface area contributed by atoms with E-state index in [1.807, 2.05) is 66.2 Å². The van der Waals surface area contributed by atoms with Crippen LogP contribution in [0.25, 0.3) is 16.8 Å². The van der Waals surface area contributed by atoms with Gasteiger partial charge in [0.15, 0.2) is 5.58 Å². The number of nitrogens with zero attached hydrogens (tertiary/aromatic N) is 3. The van der Waals surface area contributed by atoms with Gasteiger partial charge in [-0.25, -0.2) is 9.67 Å². The number of aryl methyl sites for hydroxylation is 1. The summed E-state index contributed by atoms with van der Waals surface area (Å²) in [6.07, 6.45) is 0. The third-order valence-corrected chi connectivity index (χ3v) is 4.76. The van der Waals surface area contributed by atoms with Crippen molar-refractivity contribution in [3.8, 4) is 5.69 Å². The zero-order valence-electron chi connectivity index (χ0n) is 13.1. The predicted molar refractivity (Wildman–Crippen MR) is 94.3 cm³/mol. The molecule has 2 aromatic heterocycles. The van der Waals surface area contributed by atoms with Crippen LogP contribution in [0.1, 0.15) is 11.3 Å². The highest BCUT2D eigenvalue weighted by molar-refractivity contribution is 7.99. The number of benzene rings is 2. The van der Waals surface area contributed by atoms with Crippen LogP contribution in [-0.4, -0.2) is 14.8 Å². The highest BCUT2D eigenvalue weighted by Gasteiger charge is 2.19. The van der Waals surface area contributed by atoms with Gasteiger partial charge in [-0.05, 0) is 43.0 Å². The molecule has 0 amide bonds. The standard InChI is InChI=1S/C18H16N4OS/c1-12-14(11-19)17(22(21-12)13-7-3-2-4-8-13)24-18-20-15-9-5-6-10-16(15)23-18/h2-10H,11,19H2,1H3. The lowest BCUT2D eigenvalue weighted by atomic mass is 10.3. The average Bonchev–Trinajstić information content (AvgIpc) is 3.16. The minimum atomic E-state index is 0.418. The van der Waals surface area contributed by atoms with Gasteiger partial charge in [0.2, 0.25) is 0 Å². The molecule has 2 N–H and O–H groups in total. The van der Waals surface area contributed by atoms with Crippen molar-refractivity contribution in [2.75, 3.05) is 0 Å². The number of hydrogen-bond acceptors (Lipinski definition) is 5. The van der Waals surface area contributed by atoms with Crippen LogP contribution < -0.4 is 5.73 Å². The summed E-state index contributed by atoms with van der Waals surface area (Å²) in [5.41, 5.74) is 10.5. The van der Waals surface area contributed by atoms with Crippen LogP contribution in [0.3, 0.4) is 0 Å². The summed E-state index contributed by atoms with van der Waals surface area (Å²) in [5.74, 6) is 0. The first-order chi connectivity index (χ1) is 11.8. The molecule has 0 aliphatic carbocycles. The second-order valence-electron chi connectivity index (χ2n) is 5.37. The molecule has 0 saturated carbocycles. The maximum absolute atomic E-state index is 5.95. The van der Waals surface area contributed by atoms with Gasteiger partial charge < -0.3 is 10.2 Å². The molecule has 120 valence electrons. The van der Waals surface area contributed by atoms with Crippen molar-refractivity contribution in [1.29, 1.82) is 0 Å². The van der Waals surface area contributed by atoms with Gasteiger partial charge in [0.1, 0.15) is 10.5 Å². The Hall–Kier alpha value is -2.57. The van der Waals surface area contributed by atoms with Crippen molar-refractivity contribution in [3.05, 3.63) is 65.9 Å². The van der Waals surface area contributed by atoms with Gasteiger partial charge in [-0.3, -0.25) is 0 Å². The maximum Gasteiger partial charge on any atom is 0.263 e. The largest absolute Gasteiger partial charge is 0.431 e. The van der Waals surface area contributed by atoms with E-state index in [1.165, 1.54) is 11.8 Å². The minimum Gasteiger partial charge on any atom is -0.431 e.